The van der Waals surface area contributed by atoms with Crippen LogP contribution in [0.1, 0.15) is 5.56 Å². The highest BCUT2D eigenvalue weighted by Crippen LogP contribution is 2.31. The van der Waals surface area contributed by atoms with Crippen LogP contribution in [0, 0.1) is 0 Å². The summed E-state index contributed by atoms with van der Waals surface area (Å²) in [5.41, 5.74) is 12.1. The molecule has 0 unspecified atom stereocenters. The maximum Gasteiger partial charge on any atom is 0.250 e. The van der Waals surface area contributed by atoms with E-state index in [9.17, 15) is 4.79 Å². The molecule has 6 aromatic rings. The largest absolute Gasteiger partial charge is 0.383 e. The number of nitrogen functional groups attached to an aromatic ring is 1. The lowest BCUT2D eigenvalue weighted by Gasteiger charge is -2.34. The molecule has 6 heterocycles. The summed E-state index contributed by atoms with van der Waals surface area (Å²) in [4.78, 5) is 39.7. The highest BCUT2D eigenvalue weighted by atomic mass is 16.1. The van der Waals surface area contributed by atoms with E-state index < -0.39 is 0 Å². The Morgan fingerprint density at radius 2 is 1.58 bits per heavy atom. The van der Waals surface area contributed by atoms with Crippen molar-refractivity contribution in [3.8, 4) is 28.3 Å². The highest BCUT2D eigenvalue weighted by molar-refractivity contribution is 5.84. The zero-order chi connectivity index (χ0) is 29.3. The van der Waals surface area contributed by atoms with Crippen LogP contribution in [0.3, 0.4) is 0 Å². The average molecular weight is 571 g/mol. The van der Waals surface area contributed by atoms with Crippen molar-refractivity contribution in [1.82, 2.24) is 39.0 Å². The summed E-state index contributed by atoms with van der Waals surface area (Å²) < 4.78 is 3.57. The van der Waals surface area contributed by atoms with Crippen LogP contribution in [0.5, 0.6) is 0 Å². The Balaban J connectivity index is 1.21. The van der Waals surface area contributed by atoms with Crippen molar-refractivity contribution >= 4 is 22.9 Å². The number of imidazole rings is 1. The van der Waals surface area contributed by atoms with Crippen LogP contribution >= 0.6 is 0 Å². The number of nitrogens with zero attached hydrogens (tertiary/aromatic N) is 9. The van der Waals surface area contributed by atoms with Crippen molar-refractivity contribution in [3.63, 3.8) is 0 Å². The summed E-state index contributed by atoms with van der Waals surface area (Å²) in [5, 5.41) is 0. The maximum atomic E-state index is 12.0. The molecule has 7 rings (SSSR count). The Bertz CT molecular complexity index is 1960. The highest BCUT2D eigenvalue weighted by Gasteiger charge is 2.21. The van der Waals surface area contributed by atoms with Crippen LogP contribution in [0.2, 0.25) is 0 Å². The van der Waals surface area contributed by atoms with Gasteiger partial charge in [-0.05, 0) is 54.1 Å². The molecule has 1 aliphatic rings. The number of hydrogen-bond donors (Lipinski definition) is 1. The lowest BCUT2D eigenvalue weighted by atomic mass is 10.1. The SMILES string of the molecule is Cn1cc(-c2ccc3nc(-c4cccnc4N)n(-c4ccc(CN5CCN(c6ncccn6)CC5)cc4)c3n2)ccc1=O. The van der Waals surface area contributed by atoms with Gasteiger partial charge in [0.1, 0.15) is 11.3 Å². The van der Waals surface area contributed by atoms with E-state index in [0.717, 1.165) is 66.7 Å². The molecular weight excluding hydrogens is 540 g/mol. The van der Waals surface area contributed by atoms with Gasteiger partial charge in [0.05, 0.1) is 11.3 Å². The van der Waals surface area contributed by atoms with E-state index in [0.29, 0.717) is 17.3 Å². The topological polar surface area (TPSA) is 124 Å². The second kappa shape index (κ2) is 11.1. The Hall–Kier alpha value is -5.42. The van der Waals surface area contributed by atoms with Crippen molar-refractivity contribution < 1.29 is 0 Å². The molecule has 0 amide bonds. The van der Waals surface area contributed by atoms with E-state index >= 15 is 0 Å². The first kappa shape index (κ1) is 26.5. The number of benzene rings is 1. The van der Waals surface area contributed by atoms with Gasteiger partial charge in [-0.25, -0.2) is 24.9 Å². The summed E-state index contributed by atoms with van der Waals surface area (Å²) in [7, 11) is 1.73. The van der Waals surface area contributed by atoms with E-state index in [2.05, 4.69) is 49.0 Å². The second-order valence-corrected chi connectivity index (χ2v) is 10.6. The minimum atomic E-state index is -0.0728. The second-order valence-electron chi connectivity index (χ2n) is 10.6. The fourth-order valence-electron chi connectivity index (χ4n) is 5.46. The first-order valence-corrected chi connectivity index (χ1v) is 14.1. The number of hydrogen-bond acceptors (Lipinski definition) is 9. The Morgan fingerprint density at radius 3 is 2.33 bits per heavy atom. The molecule has 43 heavy (non-hydrogen) atoms. The number of nitrogens with two attached hydrogens (primary N) is 1. The van der Waals surface area contributed by atoms with Crippen LogP contribution in [0.15, 0.2) is 96.3 Å². The molecule has 1 aliphatic heterocycles. The molecule has 1 aromatic carbocycles. The van der Waals surface area contributed by atoms with Crippen molar-refractivity contribution in [2.24, 2.45) is 7.05 Å². The minimum Gasteiger partial charge on any atom is -0.383 e. The molecule has 214 valence electrons. The number of aromatic nitrogens is 7. The molecule has 2 N–H and O–H groups in total. The Morgan fingerprint density at radius 1 is 0.814 bits per heavy atom. The molecule has 5 aromatic heterocycles. The molecule has 0 spiro atoms. The van der Waals surface area contributed by atoms with Crippen molar-refractivity contribution in [3.05, 3.63) is 107 Å². The number of anilines is 2. The summed E-state index contributed by atoms with van der Waals surface area (Å²) in [5.74, 6) is 1.85. The summed E-state index contributed by atoms with van der Waals surface area (Å²) >= 11 is 0. The fourth-order valence-corrected chi connectivity index (χ4v) is 5.46. The molecular formula is C32H30N10O. The zero-order valence-electron chi connectivity index (χ0n) is 23.7. The Labute approximate surface area is 247 Å². The number of piperazine rings is 1. The van der Waals surface area contributed by atoms with Crippen LogP contribution in [-0.2, 0) is 13.6 Å². The van der Waals surface area contributed by atoms with E-state index in [4.69, 9.17) is 15.7 Å². The Kier molecular flexibility index (Phi) is 6.84. The van der Waals surface area contributed by atoms with Gasteiger partial charge in [0.15, 0.2) is 11.5 Å². The van der Waals surface area contributed by atoms with Crippen molar-refractivity contribution in [1.29, 1.82) is 0 Å². The molecule has 11 heteroatoms. The van der Waals surface area contributed by atoms with Gasteiger partial charge in [-0.3, -0.25) is 14.3 Å². The summed E-state index contributed by atoms with van der Waals surface area (Å²) in [6, 6.07) is 21.3. The first-order valence-electron chi connectivity index (χ1n) is 14.1. The molecule has 11 nitrogen and oxygen atoms in total. The third-order valence-electron chi connectivity index (χ3n) is 7.77. The molecule has 0 saturated carbocycles. The average Bonchev–Trinajstić information content (AvgIpc) is 3.42. The normalized spacial score (nSPS) is 13.9. The molecule has 1 saturated heterocycles. The summed E-state index contributed by atoms with van der Waals surface area (Å²) in [6.07, 6.45) is 7.03. The van der Waals surface area contributed by atoms with E-state index in [1.54, 1.807) is 48.5 Å². The minimum absolute atomic E-state index is 0.0728. The first-order chi connectivity index (χ1) is 21.0. The van der Waals surface area contributed by atoms with Gasteiger partial charge in [0.25, 0.3) is 0 Å². The fraction of sp³-hybridized carbons (Fsp3) is 0.188. The molecule has 0 bridgehead atoms. The van der Waals surface area contributed by atoms with Gasteiger partial charge < -0.3 is 15.2 Å². The predicted molar refractivity (Wildman–Crippen MR) is 167 cm³/mol. The summed E-state index contributed by atoms with van der Waals surface area (Å²) in [6.45, 7) is 4.51. The van der Waals surface area contributed by atoms with Crippen LogP contribution in [-0.4, -0.2) is 65.1 Å². The van der Waals surface area contributed by atoms with Crippen LogP contribution in [0.25, 0.3) is 39.5 Å². The van der Waals surface area contributed by atoms with E-state index in [-0.39, 0.29) is 5.56 Å². The third-order valence-corrected chi connectivity index (χ3v) is 7.77. The van der Waals surface area contributed by atoms with Crippen molar-refractivity contribution in [2.45, 2.75) is 6.54 Å². The number of rotatable bonds is 6. The van der Waals surface area contributed by atoms with Crippen LogP contribution < -0.4 is 16.2 Å². The maximum absolute atomic E-state index is 12.0. The van der Waals surface area contributed by atoms with Crippen LogP contribution in [0.4, 0.5) is 11.8 Å². The number of fused-ring (bicyclic) bond motifs is 1. The standard InChI is InChI=1S/C32H30N10O/c1-39-21-23(7-12-28(39)43)26-10-11-27-31(37-26)42(30(38-27)25-4-2-13-34-29(25)33)24-8-5-22(6-9-24)20-40-16-18-41(19-17-40)32-35-14-3-15-36-32/h2-15,21H,16-20H2,1H3,(H2,33,34). The number of pyridine rings is 3. The lowest BCUT2D eigenvalue weighted by molar-refractivity contribution is 0.248. The third kappa shape index (κ3) is 5.22. The molecule has 1 fully saturated rings. The van der Waals surface area contributed by atoms with E-state index in [1.807, 2.05) is 34.9 Å². The van der Waals surface area contributed by atoms with Gasteiger partial charge in [-0.2, -0.15) is 0 Å². The van der Waals surface area contributed by atoms with Gasteiger partial charge in [-0.1, -0.05) is 12.1 Å². The quantitative estimate of drug-likeness (QED) is 0.320. The molecule has 0 atom stereocenters. The van der Waals surface area contributed by atoms with Crippen molar-refractivity contribution in [2.75, 3.05) is 36.8 Å². The predicted octanol–water partition coefficient (Wildman–Crippen LogP) is 3.54. The lowest BCUT2D eigenvalue weighted by Crippen LogP contribution is -2.46. The van der Waals surface area contributed by atoms with Gasteiger partial charge in [-0.15, -0.1) is 0 Å². The van der Waals surface area contributed by atoms with E-state index in [1.165, 1.54) is 5.56 Å². The smallest absolute Gasteiger partial charge is 0.250 e. The van der Waals surface area contributed by atoms with Gasteiger partial charge in [0.2, 0.25) is 11.5 Å². The number of aryl methyl sites for hydroxylation is 1. The van der Waals surface area contributed by atoms with Gasteiger partial charge in [0, 0.05) is 81.9 Å². The zero-order valence-corrected chi connectivity index (χ0v) is 23.7. The molecule has 0 aliphatic carbocycles. The molecule has 0 radical (unpaired) electrons. The van der Waals surface area contributed by atoms with Gasteiger partial charge >= 0.3 is 0 Å². The monoisotopic (exact) mass is 570 g/mol.